The van der Waals surface area contributed by atoms with Gasteiger partial charge in [-0.15, -0.1) is 0 Å². The summed E-state index contributed by atoms with van der Waals surface area (Å²) in [5, 5.41) is 13.0. The minimum atomic E-state index is 0.253. The summed E-state index contributed by atoms with van der Waals surface area (Å²) in [5.41, 5.74) is 1.16. The number of fused-ring (bicyclic) bond motifs is 1. The second-order valence-electron chi connectivity index (χ2n) is 5.62. The van der Waals surface area contributed by atoms with E-state index in [0.29, 0.717) is 12.6 Å². The van der Waals surface area contributed by atoms with Crippen molar-refractivity contribution in [3.63, 3.8) is 0 Å². The first-order valence-electron chi connectivity index (χ1n) is 6.78. The molecule has 0 radical (unpaired) electrons. The molecule has 0 saturated heterocycles. The Balaban J connectivity index is 1.93. The second-order valence-corrected chi connectivity index (χ2v) is 5.62. The van der Waals surface area contributed by atoms with Gasteiger partial charge in [0, 0.05) is 17.7 Å². The average Bonchev–Trinajstić information content (AvgIpc) is 2.69. The molecule has 0 saturated carbocycles. The van der Waals surface area contributed by atoms with Crippen LogP contribution in [0.25, 0.3) is 0 Å². The van der Waals surface area contributed by atoms with E-state index in [0.717, 1.165) is 17.2 Å². The normalized spacial score (nSPS) is 19.7. The molecule has 3 heteroatoms. The quantitative estimate of drug-likeness (QED) is 0.841. The van der Waals surface area contributed by atoms with Crippen LogP contribution in [0.2, 0.25) is 0 Å². The number of phenolic OH excluding ortho intramolecular Hbond substituents is 1. The third-order valence-corrected chi connectivity index (χ3v) is 3.44. The molecule has 1 aliphatic heterocycles. The van der Waals surface area contributed by atoms with Gasteiger partial charge in [0.2, 0.25) is 0 Å². The highest BCUT2D eigenvalue weighted by atomic mass is 16.5. The van der Waals surface area contributed by atoms with Gasteiger partial charge in [-0.2, -0.15) is 0 Å². The average molecular weight is 249 g/mol. The minimum Gasteiger partial charge on any atom is -0.508 e. The lowest BCUT2D eigenvalue weighted by Crippen LogP contribution is -2.31. The maximum atomic E-state index is 9.41. The maximum absolute atomic E-state index is 9.41. The van der Waals surface area contributed by atoms with Crippen LogP contribution in [0.3, 0.4) is 0 Å². The summed E-state index contributed by atoms with van der Waals surface area (Å²) in [4.78, 5) is 0. The number of benzene rings is 1. The summed E-state index contributed by atoms with van der Waals surface area (Å²) in [7, 11) is 0. The molecule has 0 spiro atoms. The Morgan fingerprint density at radius 2 is 2.11 bits per heavy atom. The molecule has 100 valence electrons. The maximum Gasteiger partial charge on any atom is 0.127 e. The molecule has 1 aliphatic rings. The smallest absolute Gasteiger partial charge is 0.127 e. The fourth-order valence-corrected chi connectivity index (χ4v) is 2.35. The highest BCUT2D eigenvalue weighted by Gasteiger charge is 2.25. The van der Waals surface area contributed by atoms with Gasteiger partial charge in [-0.1, -0.05) is 13.8 Å². The Hall–Kier alpha value is -1.22. The Kier molecular flexibility index (Phi) is 4.12. The van der Waals surface area contributed by atoms with Crippen molar-refractivity contribution in [2.45, 2.75) is 45.7 Å². The zero-order valence-corrected chi connectivity index (χ0v) is 11.4. The van der Waals surface area contributed by atoms with Crippen LogP contribution in [0.1, 0.15) is 45.2 Å². The SMILES string of the molecule is CC(C)CCC(C)NC1COc2cc(O)ccc21. The highest BCUT2D eigenvalue weighted by Crippen LogP contribution is 2.35. The van der Waals surface area contributed by atoms with E-state index >= 15 is 0 Å². The largest absolute Gasteiger partial charge is 0.508 e. The molecular weight excluding hydrogens is 226 g/mol. The van der Waals surface area contributed by atoms with Crippen LogP contribution < -0.4 is 10.1 Å². The molecule has 2 unspecified atom stereocenters. The molecule has 2 N–H and O–H groups in total. The van der Waals surface area contributed by atoms with E-state index in [2.05, 4.69) is 26.1 Å². The summed E-state index contributed by atoms with van der Waals surface area (Å²) in [6.07, 6.45) is 2.42. The van der Waals surface area contributed by atoms with Gasteiger partial charge in [0.15, 0.2) is 0 Å². The van der Waals surface area contributed by atoms with Crippen molar-refractivity contribution in [3.8, 4) is 11.5 Å². The van der Waals surface area contributed by atoms with Crippen molar-refractivity contribution in [1.29, 1.82) is 0 Å². The molecule has 2 atom stereocenters. The van der Waals surface area contributed by atoms with E-state index in [1.807, 2.05) is 6.07 Å². The van der Waals surface area contributed by atoms with E-state index in [4.69, 9.17) is 4.74 Å². The van der Waals surface area contributed by atoms with Crippen LogP contribution in [-0.4, -0.2) is 17.8 Å². The zero-order valence-electron chi connectivity index (χ0n) is 11.4. The fourth-order valence-electron chi connectivity index (χ4n) is 2.35. The van der Waals surface area contributed by atoms with E-state index in [1.54, 1.807) is 12.1 Å². The van der Waals surface area contributed by atoms with Gasteiger partial charge in [0.05, 0.1) is 6.04 Å². The van der Waals surface area contributed by atoms with Crippen LogP contribution in [0.4, 0.5) is 0 Å². The molecule has 0 aliphatic carbocycles. The molecule has 18 heavy (non-hydrogen) atoms. The summed E-state index contributed by atoms with van der Waals surface area (Å²) in [6, 6.07) is 6.10. The lowest BCUT2D eigenvalue weighted by atomic mass is 10.0. The Morgan fingerprint density at radius 1 is 1.33 bits per heavy atom. The monoisotopic (exact) mass is 249 g/mol. The molecule has 0 amide bonds. The summed E-state index contributed by atoms with van der Waals surface area (Å²) in [6.45, 7) is 7.39. The summed E-state index contributed by atoms with van der Waals surface area (Å²) >= 11 is 0. The van der Waals surface area contributed by atoms with Crippen molar-refractivity contribution in [1.82, 2.24) is 5.32 Å². The third-order valence-electron chi connectivity index (χ3n) is 3.44. The zero-order chi connectivity index (χ0) is 13.1. The molecule has 1 aromatic carbocycles. The number of hydrogen-bond acceptors (Lipinski definition) is 3. The van der Waals surface area contributed by atoms with Crippen LogP contribution in [-0.2, 0) is 0 Å². The molecule has 1 heterocycles. The van der Waals surface area contributed by atoms with Gasteiger partial charge >= 0.3 is 0 Å². The van der Waals surface area contributed by atoms with Crippen LogP contribution in [0.5, 0.6) is 11.5 Å². The molecule has 0 fully saturated rings. The Labute approximate surface area is 109 Å². The highest BCUT2D eigenvalue weighted by molar-refractivity contribution is 5.44. The molecule has 3 nitrogen and oxygen atoms in total. The number of phenols is 1. The lowest BCUT2D eigenvalue weighted by Gasteiger charge is -2.19. The van der Waals surface area contributed by atoms with E-state index < -0.39 is 0 Å². The van der Waals surface area contributed by atoms with Crippen LogP contribution >= 0.6 is 0 Å². The lowest BCUT2D eigenvalue weighted by molar-refractivity contribution is 0.293. The fraction of sp³-hybridized carbons (Fsp3) is 0.600. The van der Waals surface area contributed by atoms with Gasteiger partial charge < -0.3 is 15.2 Å². The molecule has 0 aromatic heterocycles. The van der Waals surface area contributed by atoms with Crippen molar-refractivity contribution < 1.29 is 9.84 Å². The third kappa shape index (κ3) is 3.16. The summed E-state index contributed by atoms with van der Waals surface area (Å²) in [5.74, 6) is 1.82. The molecule has 0 bridgehead atoms. The number of aromatic hydroxyl groups is 1. The van der Waals surface area contributed by atoms with E-state index in [1.165, 1.54) is 12.8 Å². The van der Waals surface area contributed by atoms with E-state index in [9.17, 15) is 5.11 Å². The standard InChI is InChI=1S/C15H23NO2/c1-10(2)4-5-11(3)16-14-9-18-15-8-12(17)6-7-13(14)15/h6-8,10-11,14,16-17H,4-5,9H2,1-3H3. The number of ether oxygens (including phenoxy) is 1. The van der Waals surface area contributed by atoms with Crippen LogP contribution in [0, 0.1) is 5.92 Å². The van der Waals surface area contributed by atoms with Crippen molar-refractivity contribution in [3.05, 3.63) is 23.8 Å². The van der Waals surface area contributed by atoms with Crippen molar-refractivity contribution >= 4 is 0 Å². The first-order chi connectivity index (χ1) is 8.56. The van der Waals surface area contributed by atoms with Gasteiger partial charge in [-0.3, -0.25) is 0 Å². The Bertz CT molecular complexity index is 403. The van der Waals surface area contributed by atoms with Gasteiger partial charge in [0.25, 0.3) is 0 Å². The topological polar surface area (TPSA) is 41.5 Å². The molecular formula is C15H23NO2. The Morgan fingerprint density at radius 3 is 2.83 bits per heavy atom. The predicted molar refractivity (Wildman–Crippen MR) is 73.0 cm³/mol. The molecule has 1 aromatic rings. The van der Waals surface area contributed by atoms with Crippen LogP contribution in [0.15, 0.2) is 18.2 Å². The summed E-state index contributed by atoms with van der Waals surface area (Å²) < 4.78 is 5.60. The number of nitrogens with one attached hydrogen (secondary N) is 1. The number of rotatable bonds is 5. The van der Waals surface area contributed by atoms with Crippen molar-refractivity contribution in [2.75, 3.05) is 6.61 Å². The van der Waals surface area contributed by atoms with E-state index in [-0.39, 0.29) is 11.8 Å². The predicted octanol–water partition coefficient (Wildman–Crippen LogP) is 3.24. The first-order valence-corrected chi connectivity index (χ1v) is 6.78. The van der Waals surface area contributed by atoms with Gasteiger partial charge in [0.1, 0.15) is 18.1 Å². The number of hydrogen-bond donors (Lipinski definition) is 2. The van der Waals surface area contributed by atoms with Crippen molar-refractivity contribution in [2.24, 2.45) is 5.92 Å². The second kappa shape index (κ2) is 5.61. The molecule has 2 rings (SSSR count). The first kappa shape index (κ1) is 13.2. The van der Waals surface area contributed by atoms with Gasteiger partial charge in [-0.05, 0) is 37.8 Å². The van der Waals surface area contributed by atoms with Gasteiger partial charge in [-0.25, -0.2) is 0 Å². The minimum absolute atomic E-state index is 0.253.